The number of fused-ring (bicyclic) bond motifs is 6. The van der Waals surface area contributed by atoms with Gasteiger partial charge in [-0.2, -0.15) is 7.11 Å². The zero-order valence-electron chi connectivity index (χ0n) is 56.3. The predicted molar refractivity (Wildman–Crippen MR) is 346 cm³/mol. The van der Waals surface area contributed by atoms with Crippen molar-refractivity contribution in [1.82, 2.24) is 29.1 Å². The number of aliphatic hydroxyl groups is 4. The second-order valence-electron chi connectivity index (χ2n) is 23.5. The van der Waals surface area contributed by atoms with E-state index in [-0.39, 0.29) is 70.4 Å². The molecule has 6 heterocycles. The number of aliphatic hydroxyl groups excluding tert-OH is 4. The van der Waals surface area contributed by atoms with Crippen LogP contribution in [0.5, 0.6) is 11.5 Å². The fourth-order valence-electron chi connectivity index (χ4n) is 10.9. The molecule has 2 aliphatic heterocycles. The molecule has 534 valence electrons. The molecule has 0 unspecified atom stereocenters. The molecule has 2 amide bonds. The largest absolute Gasteiger partial charge is 1.00 e. The molecular formula is C65H73N10NaO25. The number of pyridine rings is 2. The number of hydrogen-bond donors (Lipinski definition) is 6. The van der Waals surface area contributed by atoms with Gasteiger partial charge in [-0.3, -0.25) is 50.0 Å². The number of carbonyl (C=O) groups excluding carboxylic acids is 6. The number of amides is 2. The number of para-hydroxylation sites is 2. The Balaban J connectivity index is 0.000000281. The van der Waals surface area contributed by atoms with E-state index in [0.29, 0.717) is 47.0 Å². The third-order valence-electron chi connectivity index (χ3n) is 14.9. The number of rotatable bonds is 22. The number of anilines is 2. The molecule has 35 nitrogen and oxygen atoms in total. The number of ether oxygens (including phenoxy) is 10. The average Bonchev–Trinajstić information content (AvgIpc) is 1.65. The molecule has 36 heteroatoms. The quantitative estimate of drug-likeness (QED) is 0.0186. The predicted octanol–water partition coefficient (Wildman–Crippen LogP) is 2.42. The van der Waals surface area contributed by atoms with E-state index in [1.54, 1.807) is 12.7 Å². The fraction of sp³-hybridized carbons (Fsp3) is 0.415. The van der Waals surface area contributed by atoms with Crippen molar-refractivity contribution in [2.45, 2.75) is 143 Å². The van der Waals surface area contributed by atoms with E-state index in [0.717, 1.165) is 68.7 Å². The molecule has 8 aromatic rings. The van der Waals surface area contributed by atoms with Gasteiger partial charge in [0.1, 0.15) is 61.4 Å². The van der Waals surface area contributed by atoms with Gasteiger partial charge < -0.3 is 82.0 Å². The van der Waals surface area contributed by atoms with Crippen LogP contribution < -0.4 is 54.8 Å². The maximum Gasteiger partial charge on any atom is 1.00 e. The van der Waals surface area contributed by atoms with E-state index < -0.39 is 139 Å². The van der Waals surface area contributed by atoms with Crippen molar-refractivity contribution in [1.29, 1.82) is 0 Å². The van der Waals surface area contributed by atoms with Crippen LogP contribution in [0.15, 0.2) is 97.6 Å². The summed E-state index contributed by atoms with van der Waals surface area (Å²) in [5, 5.41) is 78.7. The number of nitro groups is 2. The van der Waals surface area contributed by atoms with Crippen molar-refractivity contribution in [3.05, 3.63) is 129 Å². The molecule has 2 saturated heterocycles. The average molecular weight is 1420 g/mol. The van der Waals surface area contributed by atoms with Crippen LogP contribution >= 0.6 is 0 Å². The Labute approximate surface area is 596 Å². The summed E-state index contributed by atoms with van der Waals surface area (Å²) in [5.41, 5.74) is 3.12. The minimum atomic E-state index is -1.75. The molecule has 0 bridgehead atoms. The number of nitro benzene ring substituents is 2. The van der Waals surface area contributed by atoms with E-state index in [4.69, 9.17) is 52.5 Å². The van der Waals surface area contributed by atoms with Crippen LogP contribution in [-0.2, 0) is 83.4 Å². The first kappa shape index (κ1) is 78.5. The van der Waals surface area contributed by atoms with E-state index in [2.05, 4.69) is 58.3 Å². The number of esters is 4. The second kappa shape index (κ2) is 35.5. The molecule has 0 saturated carbocycles. The van der Waals surface area contributed by atoms with Crippen molar-refractivity contribution in [3.8, 4) is 11.5 Å². The van der Waals surface area contributed by atoms with Crippen molar-refractivity contribution >= 4 is 103 Å². The maximum atomic E-state index is 13.0. The summed E-state index contributed by atoms with van der Waals surface area (Å²) < 4.78 is 58.3. The van der Waals surface area contributed by atoms with Crippen molar-refractivity contribution in [3.63, 3.8) is 0 Å². The number of carbonyl (C=O) groups is 6. The van der Waals surface area contributed by atoms with Gasteiger partial charge in [0.2, 0.25) is 18.7 Å². The Kier molecular flexibility index (Phi) is 27.6. The summed E-state index contributed by atoms with van der Waals surface area (Å²) in [6.07, 6.45) is -14.0. The number of imidazole rings is 2. The smallest absolute Gasteiger partial charge is 0.857 e. The maximum absolute atomic E-state index is 13.0. The van der Waals surface area contributed by atoms with Gasteiger partial charge in [0.25, 0.3) is 0 Å². The van der Waals surface area contributed by atoms with Gasteiger partial charge in [-0.1, -0.05) is 76.2 Å². The van der Waals surface area contributed by atoms with Crippen LogP contribution in [0.4, 0.5) is 32.6 Å². The summed E-state index contributed by atoms with van der Waals surface area (Å²) in [6.45, 7) is 12.0. The SMILES string of the molecule is CC(=O)OC[C@H]1O[C@@H](Oc2ccc(COC(=O)Nc3nc4ccccc4c4c3ncn4CC(C)C)cc2[N+](=O)[O-])[C@H](OC(C)=O)[C@@H](OC(C)=O)[C@H]1OC(C)=O.CC(C)Cn1cnc2c(NC(=O)OCc3ccc(O[C@@H]4O[C@H](CO)[C@H](O)[C@H](O)[C@H]4O)c([N+](=O)[O-])c3)nc3ccccc3c21.C[O-].[Na+]. The molecule has 4 aromatic heterocycles. The van der Waals surface area contributed by atoms with Gasteiger partial charge in [0, 0.05) is 63.7 Å². The Morgan fingerprint density at radius 2 is 0.990 bits per heavy atom. The molecule has 101 heavy (non-hydrogen) atoms. The molecular weight excluding hydrogens is 1340 g/mol. The zero-order valence-corrected chi connectivity index (χ0v) is 58.3. The van der Waals surface area contributed by atoms with Gasteiger partial charge in [-0.05, 0) is 47.2 Å². The van der Waals surface area contributed by atoms with Crippen LogP contribution in [-0.4, -0.2) is 177 Å². The molecule has 2 fully saturated rings. The van der Waals surface area contributed by atoms with Gasteiger partial charge in [0.05, 0.1) is 51.2 Å². The zero-order chi connectivity index (χ0) is 72.8. The summed E-state index contributed by atoms with van der Waals surface area (Å²) in [5.74, 6) is -2.98. The topological polar surface area (TPSA) is 470 Å². The summed E-state index contributed by atoms with van der Waals surface area (Å²) in [4.78, 5) is 114. The molecule has 10 rings (SSSR count). The van der Waals surface area contributed by atoms with E-state index in [1.165, 1.54) is 24.3 Å². The molecule has 2 aliphatic rings. The Hall–Kier alpha value is -9.82. The Morgan fingerprint density at radius 3 is 1.42 bits per heavy atom. The van der Waals surface area contributed by atoms with Crippen LogP contribution in [0, 0.1) is 32.1 Å². The van der Waals surface area contributed by atoms with Crippen molar-refractivity contribution in [2.75, 3.05) is 31.0 Å². The number of aromatic nitrogens is 6. The normalized spacial score (nSPS) is 20.0. The molecule has 0 aliphatic carbocycles. The Bertz CT molecular complexity index is 4300. The van der Waals surface area contributed by atoms with E-state index in [9.17, 15) is 69.4 Å². The van der Waals surface area contributed by atoms with Gasteiger partial charge in [-0.15, -0.1) is 0 Å². The number of nitrogens with one attached hydrogen (secondary N) is 2. The molecule has 6 N–H and O–H groups in total. The fourth-order valence-corrected chi connectivity index (χ4v) is 10.9. The third-order valence-corrected chi connectivity index (χ3v) is 14.9. The van der Waals surface area contributed by atoms with Crippen LogP contribution in [0.2, 0.25) is 0 Å². The van der Waals surface area contributed by atoms with Gasteiger partial charge in [0.15, 0.2) is 35.3 Å². The van der Waals surface area contributed by atoms with Crippen LogP contribution in [0.3, 0.4) is 0 Å². The minimum Gasteiger partial charge on any atom is -0.857 e. The van der Waals surface area contributed by atoms with Crippen LogP contribution in [0.1, 0.15) is 66.5 Å². The molecule has 0 spiro atoms. The molecule has 0 radical (unpaired) electrons. The molecule has 10 atom stereocenters. The summed E-state index contributed by atoms with van der Waals surface area (Å²) >= 11 is 0. The number of hydrogen-bond acceptors (Lipinski definition) is 29. The third kappa shape index (κ3) is 19.6. The number of nitrogens with zero attached hydrogens (tertiary/aromatic N) is 8. The first-order valence-corrected chi connectivity index (χ1v) is 30.9. The van der Waals surface area contributed by atoms with Gasteiger partial charge in [-0.25, -0.2) is 29.5 Å². The van der Waals surface area contributed by atoms with Crippen molar-refractivity contribution in [2.24, 2.45) is 11.8 Å². The monoisotopic (exact) mass is 1420 g/mol. The molecule has 4 aromatic carbocycles. The first-order chi connectivity index (χ1) is 47.7. The standard InChI is InChI=1S/C36H39N5O14.C28H31N5O10.CH3O.Na/c1-18(2)14-40-17-37-29-30(40)24-9-7-8-10-25(24)38-34(29)39-36(46)50-15-23-11-12-27(26(13-23)41(47)48)54-35-33(53-22(6)45)32(52-21(5)44)31(51-20(4)43)28(55-35)16-49-19(3)42;1-14(2)10-32-13-29-21-22(32)16-5-3-4-6-17(16)30-26(21)31-28(38)41-12-15-7-8-19(18(9-15)33(39)40)42-27-25(37)24(36)23(35)20(11-34)43-27;1-2;/h7-13,17-18,28,31-33,35H,14-16H2,1-6H3,(H,38,39,46);3-9,13-14,20,23-25,27,34-37H,10-12H2,1-2H3,(H,30,31,38);1H3;/q;;-1;+1/t28-,31+,32+,33-,35-;20-,23+,24+,25-,27-;;/m11../s1. The van der Waals surface area contributed by atoms with Crippen LogP contribution in [0.25, 0.3) is 43.9 Å². The summed E-state index contributed by atoms with van der Waals surface area (Å²) in [7, 11) is 0.750. The van der Waals surface area contributed by atoms with E-state index >= 15 is 0 Å². The van der Waals surface area contributed by atoms with Gasteiger partial charge >= 0.3 is 77.0 Å². The number of benzene rings is 4. The first-order valence-electron chi connectivity index (χ1n) is 30.9. The van der Waals surface area contributed by atoms with Crippen molar-refractivity contribution < 1.29 is 141 Å². The van der Waals surface area contributed by atoms with E-state index in [1.807, 2.05) is 57.7 Å². The summed E-state index contributed by atoms with van der Waals surface area (Å²) in [6, 6.07) is 22.3. The second-order valence-corrected chi connectivity index (χ2v) is 23.5. The Morgan fingerprint density at radius 1 is 0.564 bits per heavy atom. The minimum absolute atomic E-state index is 0.